The Bertz CT molecular complexity index is 810. The molecule has 2 aromatic rings. The molecule has 1 amide bonds. The fourth-order valence-corrected chi connectivity index (χ4v) is 3.16. The summed E-state index contributed by atoms with van der Waals surface area (Å²) in [6.45, 7) is 4.65. The van der Waals surface area contributed by atoms with Crippen LogP contribution >= 0.6 is 0 Å². The number of nitrogens with one attached hydrogen (secondary N) is 1. The number of amides is 1. The van der Waals surface area contributed by atoms with Gasteiger partial charge in [-0.05, 0) is 18.9 Å². The molecule has 1 N–H and O–H groups in total. The van der Waals surface area contributed by atoms with Crippen LogP contribution in [0.15, 0.2) is 18.5 Å². The van der Waals surface area contributed by atoms with Gasteiger partial charge >= 0.3 is 6.01 Å². The molecule has 0 saturated carbocycles. The van der Waals surface area contributed by atoms with Gasteiger partial charge in [0.25, 0.3) is 5.91 Å². The number of morpholine rings is 1. The van der Waals surface area contributed by atoms with Crippen LogP contribution in [0.5, 0.6) is 6.01 Å². The van der Waals surface area contributed by atoms with Crippen LogP contribution in [0.4, 0.5) is 11.9 Å². The molecule has 154 valence electrons. The Morgan fingerprint density at radius 1 is 1.00 bits per heavy atom. The van der Waals surface area contributed by atoms with Gasteiger partial charge in [0.05, 0.1) is 19.8 Å². The maximum atomic E-state index is 12.1. The normalized spacial score (nSPS) is 16.7. The highest BCUT2D eigenvalue weighted by Gasteiger charge is 2.21. The van der Waals surface area contributed by atoms with Gasteiger partial charge in [0.15, 0.2) is 12.4 Å². The van der Waals surface area contributed by atoms with Crippen molar-refractivity contribution < 1.29 is 14.3 Å². The minimum absolute atomic E-state index is 0.161. The monoisotopic (exact) mass is 400 g/mol. The quantitative estimate of drug-likeness (QED) is 0.669. The van der Waals surface area contributed by atoms with Crippen molar-refractivity contribution in [3.63, 3.8) is 0 Å². The van der Waals surface area contributed by atoms with E-state index in [2.05, 4.69) is 40.0 Å². The summed E-state index contributed by atoms with van der Waals surface area (Å²) in [4.78, 5) is 38.0. The summed E-state index contributed by atoms with van der Waals surface area (Å²) in [5.74, 6) is 1.52. The number of nitrogens with zero attached hydrogens (tertiary/aromatic N) is 7. The molecule has 0 radical (unpaired) electrons. The highest BCUT2D eigenvalue weighted by Crippen LogP contribution is 2.19. The summed E-state index contributed by atoms with van der Waals surface area (Å²) in [5, 5.41) is 2.78. The molecule has 4 rings (SSSR count). The molecule has 0 unspecified atom stereocenters. The zero-order chi connectivity index (χ0) is 19.9. The molecule has 0 aliphatic carbocycles. The summed E-state index contributed by atoms with van der Waals surface area (Å²) in [6, 6.07) is 1.84. The van der Waals surface area contributed by atoms with Crippen molar-refractivity contribution in [2.24, 2.45) is 0 Å². The lowest BCUT2D eigenvalue weighted by atomic mass is 10.4. The molecule has 2 aliphatic heterocycles. The van der Waals surface area contributed by atoms with Crippen LogP contribution in [-0.2, 0) is 16.1 Å². The van der Waals surface area contributed by atoms with E-state index in [1.165, 1.54) is 0 Å². The third-order valence-electron chi connectivity index (χ3n) is 4.66. The Kier molecular flexibility index (Phi) is 6.25. The lowest BCUT2D eigenvalue weighted by Gasteiger charge is -2.28. The summed E-state index contributed by atoms with van der Waals surface area (Å²) >= 11 is 0. The van der Waals surface area contributed by atoms with Crippen LogP contribution in [0.2, 0.25) is 0 Å². The van der Waals surface area contributed by atoms with Crippen molar-refractivity contribution >= 4 is 17.8 Å². The Labute approximate surface area is 168 Å². The summed E-state index contributed by atoms with van der Waals surface area (Å²) in [6.07, 6.45) is 5.36. The number of aromatic nitrogens is 5. The average Bonchev–Trinajstić information content (AvgIpc) is 3.32. The van der Waals surface area contributed by atoms with Crippen LogP contribution in [0.25, 0.3) is 0 Å². The molecule has 0 bridgehead atoms. The Morgan fingerprint density at radius 2 is 1.66 bits per heavy atom. The van der Waals surface area contributed by atoms with Crippen molar-refractivity contribution in [2.75, 3.05) is 55.8 Å². The SMILES string of the molecule is O=C(COc1ncccn1)NCc1nc(N2CCCC2)nc(N2CCOCC2)n1. The fourth-order valence-electron chi connectivity index (χ4n) is 3.16. The van der Waals surface area contributed by atoms with Gasteiger partial charge < -0.3 is 24.6 Å². The van der Waals surface area contributed by atoms with Crippen molar-refractivity contribution in [3.05, 3.63) is 24.3 Å². The van der Waals surface area contributed by atoms with Gasteiger partial charge in [-0.15, -0.1) is 0 Å². The van der Waals surface area contributed by atoms with E-state index in [-0.39, 0.29) is 25.1 Å². The van der Waals surface area contributed by atoms with Crippen LogP contribution in [-0.4, -0.2) is 76.8 Å². The molecular weight excluding hydrogens is 376 g/mol. The Hall–Kier alpha value is -3.08. The lowest BCUT2D eigenvalue weighted by molar-refractivity contribution is -0.123. The topological polar surface area (TPSA) is 118 Å². The molecule has 2 fully saturated rings. The predicted octanol–water partition coefficient (Wildman–Crippen LogP) is -0.206. The molecule has 2 saturated heterocycles. The smallest absolute Gasteiger partial charge is 0.316 e. The molecule has 11 nitrogen and oxygen atoms in total. The van der Waals surface area contributed by atoms with Crippen LogP contribution in [0.1, 0.15) is 18.7 Å². The third kappa shape index (κ3) is 5.25. The van der Waals surface area contributed by atoms with E-state index in [1.807, 2.05) is 0 Å². The number of ether oxygens (including phenoxy) is 2. The van der Waals surface area contributed by atoms with Crippen molar-refractivity contribution in [2.45, 2.75) is 19.4 Å². The van der Waals surface area contributed by atoms with Gasteiger partial charge in [0, 0.05) is 38.6 Å². The first-order chi connectivity index (χ1) is 14.3. The van der Waals surface area contributed by atoms with Crippen molar-refractivity contribution in [3.8, 4) is 6.01 Å². The fraction of sp³-hybridized carbons (Fsp3) is 0.556. The summed E-state index contributed by atoms with van der Waals surface area (Å²) < 4.78 is 10.7. The van der Waals surface area contributed by atoms with E-state index in [4.69, 9.17) is 9.47 Å². The first-order valence-electron chi connectivity index (χ1n) is 9.77. The summed E-state index contributed by atoms with van der Waals surface area (Å²) in [5.41, 5.74) is 0. The third-order valence-corrected chi connectivity index (χ3v) is 4.66. The van der Waals surface area contributed by atoms with Gasteiger partial charge in [0.1, 0.15) is 0 Å². The molecule has 0 spiro atoms. The van der Waals surface area contributed by atoms with Crippen molar-refractivity contribution in [1.82, 2.24) is 30.2 Å². The second-order valence-electron chi connectivity index (χ2n) is 6.74. The highest BCUT2D eigenvalue weighted by molar-refractivity contribution is 5.77. The van der Waals surface area contributed by atoms with E-state index in [0.29, 0.717) is 30.9 Å². The minimum atomic E-state index is -0.298. The number of rotatable bonds is 7. The van der Waals surface area contributed by atoms with Crippen molar-refractivity contribution in [1.29, 1.82) is 0 Å². The Balaban J connectivity index is 1.41. The maximum absolute atomic E-state index is 12.1. The molecular formula is C18H24N8O3. The first-order valence-corrected chi connectivity index (χ1v) is 9.77. The van der Waals surface area contributed by atoms with E-state index in [1.54, 1.807) is 18.5 Å². The lowest BCUT2D eigenvalue weighted by Crippen LogP contribution is -2.38. The number of hydrogen-bond acceptors (Lipinski definition) is 10. The number of anilines is 2. The zero-order valence-electron chi connectivity index (χ0n) is 16.2. The first kappa shape index (κ1) is 19.2. The number of hydrogen-bond donors (Lipinski definition) is 1. The van der Waals surface area contributed by atoms with E-state index >= 15 is 0 Å². The van der Waals surface area contributed by atoms with Crippen LogP contribution in [0.3, 0.4) is 0 Å². The van der Waals surface area contributed by atoms with Gasteiger partial charge in [-0.3, -0.25) is 4.79 Å². The van der Waals surface area contributed by atoms with Gasteiger partial charge in [-0.2, -0.15) is 15.0 Å². The van der Waals surface area contributed by atoms with E-state index in [0.717, 1.165) is 39.0 Å². The largest absolute Gasteiger partial charge is 0.453 e. The molecule has 2 aliphatic rings. The number of carbonyl (C=O) groups is 1. The molecule has 0 atom stereocenters. The standard InChI is InChI=1S/C18H24N8O3/c27-15(13-29-18-19-4-3-5-20-18)21-12-14-22-16(25-6-1-2-7-25)24-17(23-14)26-8-10-28-11-9-26/h3-5H,1-2,6-13H2,(H,21,27). The molecule has 29 heavy (non-hydrogen) atoms. The van der Waals surface area contributed by atoms with Crippen LogP contribution in [0, 0.1) is 0 Å². The number of carbonyl (C=O) groups excluding carboxylic acids is 1. The zero-order valence-corrected chi connectivity index (χ0v) is 16.2. The van der Waals surface area contributed by atoms with Crippen LogP contribution < -0.4 is 19.9 Å². The molecule has 2 aromatic heterocycles. The predicted molar refractivity (Wildman–Crippen MR) is 104 cm³/mol. The van der Waals surface area contributed by atoms with Gasteiger partial charge in [0.2, 0.25) is 11.9 Å². The minimum Gasteiger partial charge on any atom is -0.453 e. The molecule has 0 aromatic carbocycles. The Morgan fingerprint density at radius 3 is 2.34 bits per heavy atom. The van der Waals surface area contributed by atoms with Gasteiger partial charge in [-0.1, -0.05) is 0 Å². The molecule has 11 heteroatoms. The van der Waals surface area contributed by atoms with Gasteiger partial charge in [-0.25, -0.2) is 9.97 Å². The van der Waals surface area contributed by atoms with E-state index in [9.17, 15) is 4.79 Å². The maximum Gasteiger partial charge on any atom is 0.316 e. The second-order valence-corrected chi connectivity index (χ2v) is 6.74. The summed E-state index contributed by atoms with van der Waals surface area (Å²) in [7, 11) is 0. The second kappa shape index (κ2) is 9.41. The van der Waals surface area contributed by atoms with E-state index < -0.39 is 0 Å². The highest BCUT2D eigenvalue weighted by atomic mass is 16.5. The molecule has 4 heterocycles. The average molecular weight is 400 g/mol.